The molecule has 0 bridgehead atoms. The summed E-state index contributed by atoms with van der Waals surface area (Å²) in [6.45, 7) is 1.59. The Balaban J connectivity index is 2.22. The molecule has 0 aliphatic heterocycles. The minimum absolute atomic E-state index is 0.269. The van der Waals surface area contributed by atoms with Crippen LogP contribution in [0.15, 0.2) is 48.5 Å². The molecule has 34 heavy (non-hydrogen) atoms. The number of aliphatic hydroxyl groups excluding tert-OH is 1. The van der Waals surface area contributed by atoms with E-state index in [-0.39, 0.29) is 11.3 Å². The topological polar surface area (TPSA) is 83.5 Å². The first-order valence-electron chi connectivity index (χ1n) is 10.7. The second-order valence-corrected chi connectivity index (χ2v) is 7.68. The van der Waals surface area contributed by atoms with Gasteiger partial charge >= 0.3 is 0 Å². The average Bonchev–Trinajstić information content (AvgIpc) is 2.87. The van der Waals surface area contributed by atoms with Crippen molar-refractivity contribution in [3.05, 3.63) is 76.3 Å². The summed E-state index contributed by atoms with van der Waals surface area (Å²) >= 11 is 0. The SMILES string of the molecule is COc1ccc(Cc2cc(OC)cc(OC)c2C(=O)c2cc(OC)cc(OC)c2[C@@H](C)O)cc1. The van der Waals surface area contributed by atoms with E-state index >= 15 is 0 Å². The summed E-state index contributed by atoms with van der Waals surface area (Å²) in [6.07, 6.45) is -0.502. The summed E-state index contributed by atoms with van der Waals surface area (Å²) in [4.78, 5) is 14.0. The Bertz CT molecular complexity index is 1150. The van der Waals surface area contributed by atoms with Crippen LogP contribution in [-0.2, 0) is 6.42 Å². The minimum atomic E-state index is -0.950. The molecule has 7 nitrogen and oxygen atoms in total. The summed E-state index contributed by atoms with van der Waals surface area (Å²) in [5.41, 5.74) is 2.71. The van der Waals surface area contributed by atoms with Crippen molar-refractivity contribution in [1.29, 1.82) is 0 Å². The number of benzene rings is 3. The van der Waals surface area contributed by atoms with Gasteiger partial charge in [0.25, 0.3) is 0 Å². The molecule has 0 saturated heterocycles. The Morgan fingerprint density at radius 2 is 1.32 bits per heavy atom. The van der Waals surface area contributed by atoms with E-state index in [1.807, 2.05) is 30.3 Å². The Morgan fingerprint density at radius 3 is 1.85 bits per heavy atom. The monoisotopic (exact) mass is 466 g/mol. The van der Waals surface area contributed by atoms with Gasteiger partial charge in [0, 0.05) is 23.3 Å². The van der Waals surface area contributed by atoms with Crippen LogP contribution >= 0.6 is 0 Å². The van der Waals surface area contributed by atoms with Crippen LogP contribution in [0.1, 0.15) is 45.6 Å². The Labute approximate surface area is 199 Å². The first-order chi connectivity index (χ1) is 16.4. The molecule has 0 aliphatic rings. The lowest BCUT2D eigenvalue weighted by Gasteiger charge is -2.20. The molecule has 0 spiro atoms. The number of ketones is 1. The molecular weight excluding hydrogens is 436 g/mol. The molecule has 1 atom stereocenters. The third kappa shape index (κ3) is 5.10. The van der Waals surface area contributed by atoms with Gasteiger partial charge in [0.05, 0.1) is 47.2 Å². The van der Waals surface area contributed by atoms with Crippen molar-refractivity contribution in [1.82, 2.24) is 0 Å². The van der Waals surface area contributed by atoms with Crippen LogP contribution in [0, 0.1) is 0 Å². The average molecular weight is 467 g/mol. The fourth-order valence-electron chi connectivity index (χ4n) is 3.93. The molecule has 0 fully saturated rings. The number of methoxy groups -OCH3 is 5. The van der Waals surface area contributed by atoms with Gasteiger partial charge in [0.15, 0.2) is 5.78 Å². The van der Waals surface area contributed by atoms with Crippen molar-refractivity contribution in [3.63, 3.8) is 0 Å². The summed E-state index contributed by atoms with van der Waals surface area (Å²) in [5.74, 6) is 2.15. The molecule has 180 valence electrons. The number of hydrogen-bond donors (Lipinski definition) is 1. The maximum Gasteiger partial charge on any atom is 0.197 e. The van der Waals surface area contributed by atoms with Crippen LogP contribution in [0.3, 0.4) is 0 Å². The Kier molecular flexibility index (Phi) is 8.02. The van der Waals surface area contributed by atoms with E-state index in [1.54, 1.807) is 39.3 Å². The molecule has 7 heteroatoms. The van der Waals surface area contributed by atoms with Crippen molar-refractivity contribution in [2.45, 2.75) is 19.4 Å². The lowest BCUT2D eigenvalue weighted by atomic mass is 9.89. The number of ether oxygens (including phenoxy) is 5. The van der Waals surface area contributed by atoms with E-state index in [9.17, 15) is 9.90 Å². The maximum atomic E-state index is 14.0. The van der Waals surface area contributed by atoms with Gasteiger partial charge in [-0.25, -0.2) is 0 Å². The molecule has 0 saturated carbocycles. The first kappa shape index (κ1) is 24.9. The smallest absolute Gasteiger partial charge is 0.197 e. The van der Waals surface area contributed by atoms with E-state index < -0.39 is 6.10 Å². The van der Waals surface area contributed by atoms with Crippen molar-refractivity contribution < 1.29 is 33.6 Å². The molecule has 0 aliphatic carbocycles. The molecular formula is C27H30O7. The molecule has 0 aromatic heterocycles. The quantitative estimate of drug-likeness (QED) is 0.437. The number of carbonyl (C=O) groups excluding carboxylic acids is 1. The Hall–Kier alpha value is -3.71. The zero-order valence-electron chi connectivity index (χ0n) is 20.3. The van der Waals surface area contributed by atoms with Crippen molar-refractivity contribution in [3.8, 4) is 28.7 Å². The zero-order valence-corrected chi connectivity index (χ0v) is 20.3. The van der Waals surface area contributed by atoms with Crippen LogP contribution in [0.4, 0.5) is 0 Å². The molecule has 0 radical (unpaired) electrons. The molecule has 0 amide bonds. The van der Waals surface area contributed by atoms with Crippen molar-refractivity contribution >= 4 is 5.78 Å². The maximum absolute atomic E-state index is 14.0. The largest absolute Gasteiger partial charge is 0.497 e. The van der Waals surface area contributed by atoms with E-state index in [4.69, 9.17) is 23.7 Å². The minimum Gasteiger partial charge on any atom is -0.497 e. The van der Waals surface area contributed by atoms with Gasteiger partial charge in [-0.1, -0.05) is 12.1 Å². The van der Waals surface area contributed by atoms with E-state index in [1.165, 1.54) is 21.3 Å². The fourth-order valence-corrected chi connectivity index (χ4v) is 3.93. The highest BCUT2D eigenvalue weighted by Crippen LogP contribution is 2.38. The number of aliphatic hydroxyl groups is 1. The standard InChI is InChI=1S/C27H30O7/c1-16(28)25-22(13-21(32-4)15-23(25)33-5)27(29)26-18(12-20(31-3)14-24(26)34-6)11-17-7-9-19(30-2)10-8-17/h7-10,12-16,28H,11H2,1-6H3/t16-/m1/s1. The third-order valence-electron chi connectivity index (χ3n) is 5.63. The lowest BCUT2D eigenvalue weighted by molar-refractivity contribution is 0.102. The highest BCUT2D eigenvalue weighted by Gasteiger charge is 2.27. The molecule has 3 rings (SSSR count). The normalized spacial score (nSPS) is 11.5. The molecule has 1 N–H and O–H groups in total. The molecule has 3 aromatic rings. The molecule has 0 heterocycles. The molecule has 0 unspecified atom stereocenters. The predicted octanol–water partition coefficient (Wildman–Crippen LogP) is 4.60. The highest BCUT2D eigenvalue weighted by molar-refractivity contribution is 6.13. The summed E-state index contributed by atoms with van der Waals surface area (Å²) < 4.78 is 27.2. The number of carbonyl (C=O) groups is 1. The molecule has 3 aromatic carbocycles. The fraction of sp³-hybridized carbons (Fsp3) is 0.296. The van der Waals surface area contributed by atoms with Crippen LogP contribution < -0.4 is 23.7 Å². The van der Waals surface area contributed by atoms with Gasteiger partial charge in [-0.05, 0) is 48.7 Å². The second kappa shape index (κ2) is 10.9. The van der Waals surface area contributed by atoms with Gasteiger partial charge in [-0.2, -0.15) is 0 Å². The summed E-state index contributed by atoms with van der Waals surface area (Å²) in [6, 6.07) is 14.4. The van der Waals surface area contributed by atoms with Crippen LogP contribution in [0.5, 0.6) is 28.7 Å². The zero-order chi connectivity index (χ0) is 24.8. The second-order valence-electron chi connectivity index (χ2n) is 7.68. The van der Waals surface area contributed by atoms with Gasteiger partial charge < -0.3 is 28.8 Å². The van der Waals surface area contributed by atoms with Gasteiger partial charge in [0.1, 0.15) is 28.7 Å². The third-order valence-corrected chi connectivity index (χ3v) is 5.63. The van der Waals surface area contributed by atoms with Crippen molar-refractivity contribution in [2.75, 3.05) is 35.5 Å². The first-order valence-corrected chi connectivity index (χ1v) is 10.7. The number of rotatable bonds is 10. The van der Waals surface area contributed by atoms with Crippen molar-refractivity contribution in [2.24, 2.45) is 0 Å². The van der Waals surface area contributed by atoms with Crippen LogP contribution in [0.25, 0.3) is 0 Å². The van der Waals surface area contributed by atoms with Gasteiger partial charge in [-0.15, -0.1) is 0 Å². The van der Waals surface area contributed by atoms with Gasteiger partial charge in [0.2, 0.25) is 0 Å². The predicted molar refractivity (Wildman–Crippen MR) is 129 cm³/mol. The van der Waals surface area contributed by atoms with Crippen LogP contribution in [0.2, 0.25) is 0 Å². The summed E-state index contributed by atoms with van der Waals surface area (Å²) in [5, 5.41) is 10.5. The van der Waals surface area contributed by atoms with E-state index in [2.05, 4.69) is 0 Å². The Morgan fingerprint density at radius 1 is 0.765 bits per heavy atom. The number of hydrogen-bond acceptors (Lipinski definition) is 7. The lowest BCUT2D eigenvalue weighted by Crippen LogP contribution is -2.14. The summed E-state index contributed by atoms with van der Waals surface area (Å²) in [7, 11) is 7.67. The van der Waals surface area contributed by atoms with Crippen LogP contribution in [-0.4, -0.2) is 46.4 Å². The van der Waals surface area contributed by atoms with E-state index in [0.29, 0.717) is 46.1 Å². The van der Waals surface area contributed by atoms with E-state index in [0.717, 1.165) is 11.3 Å². The highest BCUT2D eigenvalue weighted by atomic mass is 16.5. The van der Waals surface area contributed by atoms with Gasteiger partial charge in [-0.3, -0.25) is 4.79 Å².